The third-order valence-electron chi connectivity index (χ3n) is 3.13. The Labute approximate surface area is 118 Å². The van der Waals surface area contributed by atoms with Crippen LogP contribution in [0.1, 0.15) is 13.8 Å². The summed E-state index contributed by atoms with van der Waals surface area (Å²) in [6, 6.07) is 4.52. The predicted octanol–water partition coefficient (Wildman–Crippen LogP) is 0.976. The van der Waals surface area contributed by atoms with Crippen LogP contribution in [0.25, 0.3) is 0 Å². The molecule has 0 atom stereocenters. The Kier molecular flexibility index (Phi) is 4.01. The van der Waals surface area contributed by atoms with Crippen molar-refractivity contribution < 1.29 is 17.9 Å². The zero-order valence-corrected chi connectivity index (χ0v) is 12.5. The number of carbonyl (C=O) groups is 1. The van der Waals surface area contributed by atoms with Crippen molar-refractivity contribution in [1.29, 1.82) is 0 Å². The molecule has 1 heterocycles. The molecule has 7 heteroatoms. The first-order valence-electron chi connectivity index (χ1n) is 6.38. The van der Waals surface area contributed by atoms with E-state index in [1.54, 1.807) is 11.0 Å². The van der Waals surface area contributed by atoms with Crippen LogP contribution in [0.4, 0.5) is 5.69 Å². The highest BCUT2D eigenvalue weighted by molar-refractivity contribution is 7.89. The highest BCUT2D eigenvalue weighted by Gasteiger charge is 2.27. The van der Waals surface area contributed by atoms with Gasteiger partial charge >= 0.3 is 0 Å². The molecule has 0 spiro atoms. The Balaban J connectivity index is 2.49. The molecule has 1 N–H and O–H groups in total. The number of rotatable bonds is 3. The molecule has 1 amide bonds. The Morgan fingerprint density at radius 1 is 1.40 bits per heavy atom. The minimum atomic E-state index is -3.54. The lowest BCUT2D eigenvalue weighted by Crippen LogP contribution is -2.40. The summed E-state index contributed by atoms with van der Waals surface area (Å²) in [7, 11) is -2.20. The van der Waals surface area contributed by atoms with E-state index in [-0.39, 0.29) is 16.7 Å². The number of ether oxygens (including phenoxy) is 1. The van der Waals surface area contributed by atoms with E-state index in [9.17, 15) is 13.2 Å². The number of carbonyl (C=O) groups excluding carboxylic acids is 1. The van der Waals surface area contributed by atoms with Crippen LogP contribution in [0.5, 0.6) is 5.75 Å². The van der Waals surface area contributed by atoms with Gasteiger partial charge in [-0.25, -0.2) is 13.1 Å². The zero-order valence-electron chi connectivity index (χ0n) is 11.7. The van der Waals surface area contributed by atoms with Gasteiger partial charge in [0, 0.05) is 5.92 Å². The second-order valence-corrected chi connectivity index (χ2v) is 6.72. The number of sulfonamides is 1. The summed E-state index contributed by atoms with van der Waals surface area (Å²) in [6.07, 6.45) is 0. The smallest absolute Gasteiger partial charge is 0.240 e. The molecule has 0 bridgehead atoms. The summed E-state index contributed by atoms with van der Waals surface area (Å²) in [5.41, 5.74) is 0.506. The molecule has 0 unspecified atom stereocenters. The molecule has 1 aliphatic rings. The molecule has 6 nitrogen and oxygen atoms in total. The predicted molar refractivity (Wildman–Crippen MR) is 75.4 cm³/mol. The van der Waals surface area contributed by atoms with Gasteiger partial charge in [0.2, 0.25) is 15.9 Å². The SMILES string of the molecule is CNS(=O)(=O)c1ccc2c(c1)N(C(=O)C(C)C)CCO2. The van der Waals surface area contributed by atoms with Crippen molar-refractivity contribution in [2.75, 3.05) is 25.1 Å². The van der Waals surface area contributed by atoms with Crippen molar-refractivity contribution in [3.05, 3.63) is 18.2 Å². The second kappa shape index (κ2) is 5.41. The van der Waals surface area contributed by atoms with Gasteiger partial charge in [0.05, 0.1) is 17.1 Å². The molecule has 0 aromatic heterocycles. The quantitative estimate of drug-likeness (QED) is 0.902. The van der Waals surface area contributed by atoms with Gasteiger partial charge in [-0.05, 0) is 25.2 Å². The first-order valence-corrected chi connectivity index (χ1v) is 7.87. The number of benzene rings is 1. The molecule has 0 aliphatic carbocycles. The summed E-state index contributed by atoms with van der Waals surface area (Å²) >= 11 is 0. The van der Waals surface area contributed by atoms with E-state index in [0.717, 1.165) is 0 Å². The van der Waals surface area contributed by atoms with Crippen molar-refractivity contribution in [2.45, 2.75) is 18.7 Å². The fourth-order valence-corrected chi connectivity index (χ4v) is 2.77. The summed E-state index contributed by atoms with van der Waals surface area (Å²) in [5, 5.41) is 0. The molecule has 1 aromatic carbocycles. The number of hydrogen-bond acceptors (Lipinski definition) is 4. The van der Waals surface area contributed by atoms with E-state index < -0.39 is 10.0 Å². The lowest BCUT2D eigenvalue weighted by Gasteiger charge is -2.31. The van der Waals surface area contributed by atoms with E-state index in [2.05, 4.69) is 4.72 Å². The molecule has 2 rings (SSSR count). The van der Waals surface area contributed by atoms with Gasteiger partial charge in [-0.3, -0.25) is 4.79 Å². The maximum Gasteiger partial charge on any atom is 0.240 e. The molecule has 1 aromatic rings. The van der Waals surface area contributed by atoms with Crippen LogP contribution in [0, 0.1) is 5.92 Å². The number of hydrogen-bond donors (Lipinski definition) is 1. The van der Waals surface area contributed by atoms with Crippen LogP contribution >= 0.6 is 0 Å². The van der Waals surface area contributed by atoms with Gasteiger partial charge in [-0.2, -0.15) is 0 Å². The summed E-state index contributed by atoms with van der Waals surface area (Å²) in [4.78, 5) is 13.9. The molecule has 1 aliphatic heterocycles. The average molecular weight is 298 g/mol. The van der Waals surface area contributed by atoms with E-state index >= 15 is 0 Å². The third kappa shape index (κ3) is 2.64. The summed E-state index contributed by atoms with van der Waals surface area (Å²) < 4.78 is 31.4. The molecule has 0 fully saturated rings. The topological polar surface area (TPSA) is 75.7 Å². The number of fused-ring (bicyclic) bond motifs is 1. The molecule has 0 saturated heterocycles. The standard InChI is InChI=1S/C13H18N2O4S/c1-9(2)13(16)15-6-7-19-12-5-4-10(8-11(12)15)20(17,18)14-3/h4-5,8-9,14H,6-7H2,1-3H3. The van der Waals surface area contributed by atoms with E-state index in [0.29, 0.717) is 24.6 Å². The van der Waals surface area contributed by atoms with Gasteiger partial charge in [-0.1, -0.05) is 13.8 Å². The number of anilines is 1. The van der Waals surface area contributed by atoms with Gasteiger partial charge in [0.1, 0.15) is 12.4 Å². The Morgan fingerprint density at radius 2 is 2.10 bits per heavy atom. The number of nitrogens with one attached hydrogen (secondary N) is 1. The lowest BCUT2D eigenvalue weighted by molar-refractivity contribution is -0.121. The van der Waals surface area contributed by atoms with Crippen molar-refractivity contribution in [1.82, 2.24) is 4.72 Å². The first kappa shape index (κ1) is 14.8. The Hall–Kier alpha value is -1.60. The summed E-state index contributed by atoms with van der Waals surface area (Å²) in [6.45, 7) is 4.45. The molecular formula is C13H18N2O4S. The van der Waals surface area contributed by atoms with E-state index in [1.165, 1.54) is 19.2 Å². The van der Waals surface area contributed by atoms with Crippen molar-refractivity contribution in [3.63, 3.8) is 0 Å². The number of amides is 1. The molecular weight excluding hydrogens is 280 g/mol. The van der Waals surface area contributed by atoms with Crippen molar-refractivity contribution in [3.8, 4) is 5.75 Å². The lowest BCUT2D eigenvalue weighted by atomic mass is 10.1. The van der Waals surface area contributed by atoms with Crippen LogP contribution in [-0.4, -0.2) is 34.5 Å². The fourth-order valence-electron chi connectivity index (χ4n) is 2.02. The fraction of sp³-hybridized carbons (Fsp3) is 0.462. The number of nitrogens with zero attached hydrogens (tertiary/aromatic N) is 1. The van der Waals surface area contributed by atoms with Gasteiger partial charge in [-0.15, -0.1) is 0 Å². The summed E-state index contributed by atoms with van der Waals surface area (Å²) in [5.74, 6) is 0.319. The monoisotopic (exact) mass is 298 g/mol. The highest BCUT2D eigenvalue weighted by Crippen LogP contribution is 2.34. The van der Waals surface area contributed by atoms with E-state index in [4.69, 9.17) is 4.74 Å². The first-order chi connectivity index (χ1) is 9.36. The Morgan fingerprint density at radius 3 is 2.70 bits per heavy atom. The van der Waals surface area contributed by atoms with Crippen LogP contribution in [0.15, 0.2) is 23.1 Å². The minimum Gasteiger partial charge on any atom is -0.490 e. The normalized spacial score (nSPS) is 14.9. The maximum atomic E-state index is 12.2. The highest BCUT2D eigenvalue weighted by atomic mass is 32.2. The van der Waals surface area contributed by atoms with Gasteiger partial charge in [0.25, 0.3) is 0 Å². The van der Waals surface area contributed by atoms with Gasteiger partial charge < -0.3 is 9.64 Å². The van der Waals surface area contributed by atoms with Gasteiger partial charge in [0.15, 0.2) is 0 Å². The Bertz CT molecular complexity index is 625. The van der Waals surface area contributed by atoms with Crippen LogP contribution in [0.2, 0.25) is 0 Å². The largest absolute Gasteiger partial charge is 0.490 e. The molecule has 20 heavy (non-hydrogen) atoms. The molecule has 0 radical (unpaired) electrons. The molecule has 0 saturated carbocycles. The van der Waals surface area contributed by atoms with Crippen LogP contribution < -0.4 is 14.4 Å². The maximum absolute atomic E-state index is 12.2. The molecule has 110 valence electrons. The average Bonchev–Trinajstić information content (AvgIpc) is 2.45. The second-order valence-electron chi connectivity index (χ2n) is 4.83. The van der Waals surface area contributed by atoms with E-state index in [1.807, 2.05) is 13.8 Å². The van der Waals surface area contributed by atoms with Crippen LogP contribution in [0.3, 0.4) is 0 Å². The minimum absolute atomic E-state index is 0.0476. The third-order valence-corrected chi connectivity index (χ3v) is 4.54. The van der Waals surface area contributed by atoms with Crippen molar-refractivity contribution in [2.24, 2.45) is 5.92 Å². The zero-order chi connectivity index (χ0) is 14.9. The van der Waals surface area contributed by atoms with Crippen LogP contribution in [-0.2, 0) is 14.8 Å². The van der Waals surface area contributed by atoms with Crippen molar-refractivity contribution >= 4 is 21.6 Å².